The van der Waals surface area contributed by atoms with Gasteiger partial charge in [0.15, 0.2) is 6.10 Å². The second-order valence-electron chi connectivity index (χ2n) is 5.56. The number of hydrogen-bond acceptors (Lipinski definition) is 9. The molecule has 0 aromatic heterocycles. The van der Waals surface area contributed by atoms with Crippen molar-refractivity contribution in [2.75, 3.05) is 6.61 Å². The first-order chi connectivity index (χ1) is 10.5. The Kier molecular flexibility index (Phi) is 9.20. The molecule has 136 valence electrons. The average Bonchev–Trinajstić information content (AvgIpc) is 2.48. The summed E-state index contributed by atoms with van der Waals surface area (Å²) in [7, 11) is 0. The summed E-state index contributed by atoms with van der Waals surface area (Å²) < 4.78 is 4.47. The van der Waals surface area contributed by atoms with E-state index < -0.39 is 55.2 Å². The molecule has 0 rings (SSSR count). The lowest BCUT2D eigenvalue weighted by Gasteiger charge is -2.29. The molecular weight excluding hydrogens is 316 g/mol. The van der Waals surface area contributed by atoms with E-state index in [4.69, 9.17) is 15.3 Å². The van der Waals surface area contributed by atoms with Crippen LogP contribution in [0.1, 0.15) is 20.3 Å². The third kappa shape index (κ3) is 6.77. The highest BCUT2D eigenvalue weighted by Gasteiger charge is 2.41. The van der Waals surface area contributed by atoms with Crippen molar-refractivity contribution in [3.8, 4) is 0 Å². The minimum Gasteiger partial charge on any atom is -0.478 e. The quantitative estimate of drug-likeness (QED) is 0.200. The van der Waals surface area contributed by atoms with Crippen LogP contribution in [-0.4, -0.2) is 90.9 Å². The average molecular weight is 340 g/mol. The highest BCUT2D eigenvalue weighted by Crippen LogP contribution is 2.14. The molecule has 0 aliphatic carbocycles. The number of esters is 1. The molecule has 7 N–H and O–H groups in total. The zero-order chi connectivity index (χ0) is 18.3. The third-order valence-corrected chi connectivity index (χ3v) is 3.04. The summed E-state index contributed by atoms with van der Waals surface area (Å²) >= 11 is 0. The van der Waals surface area contributed by atoms with Gasteiger partial charge in [-0.15, -0.1) is 0 Å². The predicted octanol–water partition coefficient (Wildman–Crippen LogP) is -3.17. The van der Waals surface area contributed by atoms with Crippen LogP contribution in [0, 0.1) is 5.92 Å². The van der Waals surface area contributed by atoms with E-state index in [0.29, 0.717) is 0 Å². The summed E-state index contributed by atoms with van der Waals surface area (Å²) in [5.41, 5.74) is 0. The van der Waals surface area contributed by atoms with Gasteiger partial charge in [-0.25, -0.2) is 9.59 Å². The van der Waals surface area contributed by atoms with Crippen molar-refractivity contribution < 1.29 is 50.1 Å². The van der Waals surface area contributed by atoms with Crippen LogP contribution in [0.25, 0.3) is 0 Å². The molecule has 0 spiro atoms. The Labute approximate surface area is 132 Å². The van der Waals surface area contributed by atoms with E-state index in [1.165, 1.54) is 0 Å². The fourth-order valence-corrected chi connectivity index (χ4v) is 1.73. The van der Waals surface area contributed by atoms with E-state index in [1.807, 2.05) is 0 Å². The minimum atomic E-state index is -2.29. The maximum absolute atomic E-state index is 11.6. The number of carbonyl (C=O) groups excluding carboxylic acids is 1. The first kappa shape index (κ1) is 21.7. The number of rotatable bonds is 10. The highest BCUT2D eigenvalue weighted by atomic mass is 16.6. The zero-order valence-corrected chi connectivity index (χ0v) is 12.8. The highest BCUT2D eigenvalue weighted by molar-refractivity contribution is 5.80. The lowest BCUT2D eigenvalue weighted by Crippen LogP contribution is -2.53. The van der Waals surface area contributed by atoms with Crippen LogP contribution in [0.2, 0.25) is 0 Å². The standard InChI is InChI=1S/C13H24O10/c1-5(2)3-6(15)13(22)23-11(12(20)21)10(19)9(18)8(17)7(16)4-14/h5-11,14-19H,3-4H2,1-2H3,(H,20,21)/t6?,7-,8+,9-,10-,11-/m1/s1. The molecule has 0 aromatic rings. The Bertz CT molecular complexity index is 385. The monoisotopic (exact) mass is 340 g/mol. The fourth-order valence-electron chi connectivity index (χ4n) is 1.73. The van der Waals surface area contributed by atoms with Crippen LogP contribution >= 0.6 is 0 Å². The van der Waals surface area contributed by atoms with Crippen LogP contribution in [0.3, 0.4) is 0 Å². The maximum atomic E-state index is 11.6. The van der Waals surface area contributed by atoms with Gasteiger partial charge in [-0.3, -0.25) is 0 Å². The lowest BCUT2D eigenvalue weighted by molar-refractivity contribution is -0.190. The summed E-state index contributed by atoms with van der Waals surface area (Å²) in [4.78, 5) is 22.7. The molecule has 0 amide bonds. The number of carboxylic acid groups (broad SMARTS) is 1. The Balaban J connectivity index is 4.97. The second kappa shape index (κ2) is 9.75. The number of carboxylic acids is 1. The van der Waals surface area contributed by atoms with Crippen LogP contribution in [0.4, 0.5) is 0 Å². The number of aliphatic hydroxyl groups is 6. The lowest BCUT2D eigenvalue weighted by atomic mass is 9.99. The van der Waals surface area contributed by atoms with Crippen LogP contribution in [0.5, 0.6) is 0 Å². The van der Waals surface area contributed by atoms with Gasteiger partial charge >= 0.3 is 11.9 Å². The van der Waals surface area contributed by atoms with Crippen molar-refractivity contribution in [2.24, 2.45) is 5.92 Å². The molecule has 0 aromatic carbocycles. The van der Waals surface area contributed by atoms with Gasteiger partial charge in [-0.2, -0.15) is 0 Å². The Morgan fingerprint density at radius 3 is 1.87 bits per heavy atom. The Morgan fingerprint density at radius 2 is 1.48 bits per heavy atom. The molecule has 10 nitrogen and oxygen atoms in total. The molecule has 0 heterocycles. The molecule has 1 unspecified atom stereocenters. The number of hydrogen-bond donors (Lipinski definition) is 7. The SMILES string of the molecule is CC(C)CC(O)C(=O)O[C@@H](C(=O)O)[C@H](O)[C@H](O)[C@@H](O)[C@H](O)CO. The predicted molar refractivity (Wildman–Crippen MR) is 74.1 cm³/mol. The van der Waals surface area contributed by atoms with E-state index in [0.717, 1.165) is 0 Å². The van der Waals surface area contributed by atoms with Gasteiger partial charge < -0.3 is 40.5 Å². The van der Waals surface area contributed by atoms with Gasteiger partial charge in [0.25, 0.3) is 0 Å². The van der Waals surface area contributed by atoms with E-state index in [-0.39, 0.29) is 12.3 Å². The molecule has 10 heteroatoms. The van der Waals surface area contributed by atoms with Gasteiger partial charge in [0.05, 0.1) is 6.61 Å². The fraction of sp³-hybridized carbons (Fsp3) is 0.846. The number of aliphatic hydroxyl groups excluding tert-OH is 6. The van der Waals surface area contributed by atoms with Crippen molar-refractivity contribution in [1.29, 1.82) is 0 Å². The molecule has 0 aliphatic heterocycles. The van der Waals surface area contributed by atoms with Crippen molar-refractivity contribution >= 4 is 11.9 Å². The van der Waals surface area contributed by atoms with Crippen LogP contribution in [0.15, 0.2) is 0 Å². The molecule has 23 heavy (non-hydrogen) atoms. The zero-order valence-electron chi connectivity index (χ0n) is 12.8. The van der Waals surface area contributed by atoms with Crippen LogP contribution < -0.4 is 0 Å². The van der Waals surface area contributed by atoms with Crippen LogP contribution in [-0.2, 0) is 14.3 Å². The van der Waals surface area contributed by atoms with Crippen molar-refractivity contribution in [1.82, 2.24) is 0 Å². The summed E-state index contributed by atoms with van der Waals surface area (Å²) in [6, 6.07) is 0. The van der Waals surface area contributed by atoms with Gasteiger partial charge in [0.1, 0.15) is 24.4 Å². The largest absolute Gasteiger partial charge is 0.478 e. The van der Waals surface area contributed by atoms with Gasteiger partial charge in [0.2, 0.25) is 6.10 Å². The van der Waals surface area contributed by atoms with E-state index in [9.17, 15) is 30.0 Å². The molecule has 0 saturated heterocycles. The summed E-state index contributed by atoms with van der Waals surface area (Å²) in [6.07, 6.45) is -12.3. The third-order valence-electron chi connectivity index (χ3n) is 3.04. The number of aliphatic carboxylic acids is 1. The second-order valence-corrected chi connectivity index (χ2v) is 5.56. The van der Waals surface area contributed by atoms with Crippen molar-refractivity contribution in [3.63, 3.8) is 0 Å². The number of carbonyl (C=O) groups is 2. The summed E-state index contributed by atoms with van der Waals surface area (Å²) in [6.45, 7) is 2.46. The molecule has 0 saturated carbocycles. The topological polar surface area (TPSA) is 185 Å². The minimum absolute atomic E-state index is 0.00429. The van der Waals surface area contributed by atoms with Crippen molar-refractivity contribution in [3.05, 3.63) is 0 Å². The molecule has 0 aliphatic rings. The van der Waals surface area contributed by atoms with E-state index in [2.05, 4.69) is 4.74 Å². The Hall–Kier alpha value is -1.30. The molecule has 0 bridgehead atoms. The smallest absolute Gasteiger partial charge is 0.347 e. The normalized spacial score (nSPS) is 19.5. The maximum Gasteiger partial charge on any atom is 0.347 e. The van der Waals surface area contributed by atoms with E-state index in [1.54, 1.807) is 13.8 Å². The molecule has 0 fully saturated rings. The first-order valence-electron chi connectivity index (χ1n) is 6.97. The molecule has 0 radical (unpaired) electrons. The van der Waals surface area contributed by atoms with Crippen molar-refractivity contribution in [2.45, 2.75) is 56.9 Å². The van der Waals surface area contributed by atoms with Gasteiger partial charge in [-0.1, -0.05) is 13.8 Å². The first-order valence-corrected chi connectivity index (χ1v) is 6.97. The summed E-state index contributed by atoms with van der Waals surface area (Å²) in [5.74, 6) is -3.22. The molecule has 6 atom stereocenters. The van der Waals surface area contributed by atoms with Gasteiger partial charge in [0, 0.05) is 0 Å². The Morgan fingerprint density at radius 1 is 0.957 bits per heavy atom. The number of ether oxygens (including phenoxy) is 1. The van der Waals surface area contributed by atoms with Gasteiger partial charge in [-0.05, 0) is 12.3 Å². The molecular formula is C13H24O10. The van der Waals surface area contributed by atoms with E-state index >= 15 is 0 Å². The summed E-state index contributed by atoms with van der Waals surface area (Å²) in [5, 5.41) is 65.1.